The van der Waals surface area contributed by atoms with Crippen LogP contribution in [0.1, 0.15) is 23.4 Å². The van der Waals surface area contributed by atoms with Gasteiger partial charge in [-0.1, -0.05) is 6.92 Å². The van der Waals surface area contributed by atoms with Crippen molar-refractivity contribution in [1.82, 2.24) is 24.0 Å². The van der Waals surface area contributed by atoms with Crippen molar-refractivity contribution in [3.63, 3.8) is 0 Å². The van der Waals surface area contributed by atoms with Gasteiger partial charge >= 0.3 is 0 Å². The Labute approximate surface area is 161 Å². The topological polar surface area (TPSA) is 73.0 Å². The van der Waals surface area contributed by atoms with Crippen molar-refractivity contribution in [2.24, 2.45) is 5.92 Å². The Morgan fingerprint density at radius 3 is 2.85 bits per heavy atom. The molecule has 0 bridgehead atoms. The third-order valence-corrected chi connectivity index (χ3v) is 6.12. The SMILES string of the molecule is Cc1cc2c(=O)n3c(nc2s1)CCN(C(=O)[C@H](C)Cn1ccnc1C)CC3. The predicted octanol–water partition coefficient (Wildman–Crippen LogP) is 1.99. The first kappa shape index (κ1) is 17.9. The summed E-state index contributed by atoms with van der Waals surface area (Å²) in [6, 6.07) is 1.91. The molecule has 1 aliphatic rings. The Bertz CT molecular complexity index is 1060. The van der Waals surface area contributed by atoms with E-state index in [2.05, 4.69) is 4.98 Å². The average molecular weight is 385 g/mol. The first-order valence-corrected chi connectivity index (χ1v) is 10.0. The largest absolute Gasteiger partial charge is 0.340 e. The van der Waals surface area contributed by atoms with E-state index < -0.39 is 0 Å². The van der Waals surface area contributed by atoms with E-state index in [9.17, 15) is 9.59 Å². The molecular formula is C19H23N5O2S. The molecule has 0 aromatic carbocycles. The predicted molar refractivity (Wildman–Crippen MR) is 105 cm³/mol. The van der Waals surface area contributed by atoms with Crippen molar-refractivity contribution in [2.75, 3.05) is 13.1 Å². The molecule has 8 heteroatoms. The number of carbonyl (C=O) groups is 1. The van der Waals surface area contributed by atoms with Gasteiger partial charge in [-0.3, -0.25) is 14.2 Å². The number of hydrogen-bond acceptors (Lipinski definition) is 5. The van der Waals surface area contributed by atoms with Crippen LogP contribution in [-0.2, 0) is 24.3 Å². The molecular weight excluding hydrogens is 362 g/mol. The fraction of sp³-hybridized carbons (Fsp3) is 0.474. The van der Waals surface area contributed by atoms with Gasteiger partial charge in [-0.25, -0.2) is 9.97 Å². The van der Waals surface area contributed by atoms with Gasteiger partial charge in [-0.05, 0) is 19.9 Å². The van der Waals surface area contributed by atoms with Gasteiger partial charge in [0.1, 0.15) is 16.5 Å². The van der Waals surface area contributed by atoms with E-state index in [1.165, 1.54) is 0 Å². The molecule has 0 saturated carbocycles. The summed E-state index contributed by atoms with van der Waals surface area (Å²) in [5.74, 6) is 1.66. The number of rotatable bonds is 3. The Kier molecular flexibility index (Phi) is 4.59. The Morgan fingerprint density at radius 1 is 1.30 bits per heavy atom. The van der Waals surface area contributed by atoms with E-state index in [1.54, 1.807) is 22.1 Å². The van der Waals surface area contributed by atoms with Crippen molar-refractivity contribution >= 4 is 27.5 Å². The maximum absolute atomic E-state index is 12.9. The summed E-state index contributed by atoms with van der Waals surface area (Å²) >= 11 is 1.55. The monoisotopic (exact) mass is 385 g/mol. The second-order valence-corrected chi connectivity index (χ2v) is 8.40. The van der Waals surface area contributed by atoms with E-state index >= 15 is 0 Å². The fourth-order valence-corrected chi connectivity index (χ4v) is 4.56. The van der Waals surface area contributed by atoms with E-state index in [4.69, 9.17) is 4.98 Å². The number of aryl methyl sites for hydroxylation is 2. The average Bonchev–Trinajstić information content (AvgIpc) is 3.13. The van der Waals surface area contributed by atoms with Crippen molar-refractivity contribution in [1.29, 1.82) is 0 Å². The third-order valence-electron chi connectivity index (χ3n) is 5.18. The molecule has 0 saturated heterocycles. The number of carbonyl (C=O) groups excluding carboxylic acids is 1. The first-order valence-electron chi connectivity index (χ1n) is 9.20. The van der Waals surface area contributed by atoms with Gasteiger partial charge in [-0.2, -0.15) is 0 Å². The highest BCUT2D eigenvalue weighted by Gasteiger charge is 2.25. The van der Waals surface area contributed by atoms with E-state index in [0.29, 0.717) is 38.0 Å². The number of nitrogens with zero attached hydrogens (tertiary/aromatic N) is 5. The Hall–Kier alpha value is -2.48. The van der Waals surface area contributed by atoms with Crippen LogP contribution in [0, 0.1) is 19.8 Å². The lowest BCUT2D eigenvalue weighted by atomic mass is 10.1. The lowest BCUT2D eigenvalue weighted by molar-refractivity contribution is -0.135. The zero-order valence-corrected chi connectivity index (χ0v) is 16.6. The molecule has 0 aliphatic carbocycles. The molecule has 0 unspecified atom stereocenters. The molecule has 3 aromatic rings. The summed E-state index contributed by atoms with van der Waals surface area (Å²) in [6.07, 6.45) is 4.25. The second-order valence-electron chi connectivity index (χ2n) is 7.16. The van der Waals surface area contributed by atoms with Gasteiger partial charge in [0.25, 0.3) is 5.56 Å². The number of imidazole rings is 1. The van der Waals surface area contributed by atoms with Crippen LogP contribution >= 0.6 is 11.3 Å². The highest BCUT2D eigenvalue weighted by Crippen LogP contribution is 2.21. The second kappa shape index (κ2) is 6.92. The first-order chi connectivity index (χ1) is 12.9. The van der Waals surface area contributed by atoms with Gasteiger partial charge in [0.2, 0.25) is 5.91 Å². The lowest BCUT2D eigenvalue weighted by Gasteiger charge is -2.24. The molecule has 27 heavy (non-hydrogen) atoms. The lowest BCUT2D eigenvalue weighted by Crippen LogP contribution is -2.39. The molecule has 0 spiro atoms. The minimum absolute atomic E-state index is 0.00994. The van der Waals surface area contributed by atoms with Crippen molar-refractivity contribution in [3.05, 3.63) is 45.3 Å². The zero-order chi connectivity index (χ0) is 19.1. The molecule has 0 radical (unpaired) electrons. The summed E-state index contributed by atoms with van der Waals surface area (Å²) in [6.45, 7) is 8.11. The minimum Gasteiger partial charge on any atom is -0.340 e. The molecule has 3 aromatic heterocycles. The van der Waals surface area contributed by atoms with E-state index in [1.807, 2.05) is 42.5 Å². The van der Waals surface area contributed by atoms with Gasteiger partial charge in [0.05, 0.1) is 11.3 Å². The number of amides is 1. The molecule has 1 aliphatic heterocycles. The number of hydrogen-bond donors (Lipinski definition) is 0. The highest BCUT2D eigenvalue weighted by molar-refractivity contribution is 7.18. The maximum atomic E-state index is 12.9. The van der Waals surface area contributed by atoms with Crippen LogP contribution in [0.5, 0.6) is 0 Å². The number of fused-ring (bicyclic) bond motifs is 2. The fourth-order valence-electron chi connectivity index (χ4n) is 3.67. The Morgan fingerprint density at radius 2 is 2.11 bits per heavy atom. The van der Waals surface area contributed by atoms with Crippen molar-refractivity contribution in [3.8, 4) is 0 Å². The molecule has 1 atom stereocenters. The van der Waals surface area contributed by atoms with Crippen molar-refractivity contribution in [2.45, 2.75) is 40.3 Å². The van der Waals surface area contributed by atoms with Crippen LogP contribution in [-0.4, -0.2) is 43.0 Å². The van der Waals surface area contributed by atoms with Gasteiger partial charge < -0.3 is 9.47 Å². The van der Waals surface area contributed by atoms with Gasteiger partial charge in [-0.15, -0.1) is 11.3 Å². The Balaban J connectivity index is 1.53. The van der Waals surface area contributed by atoms with Crippen molar-refractivity contribution < 1.29 is 4.79 Å². The van der Waals surface area contributed by atoms with Crippen LogP contribution in [0.4, 0.5) is 0 Å². The van der Waals surface area contributed by atoms with Crippen LogP contribution in [0.2, 0.25) is 0 Å². The van der Waals surface area contributed by atoms with Crippen LogP contribution in [0.15, 0.2) is 23.3 Å². The maximum Gasteiger partial charge on any atom is 0.262 e. The summed E-state index contributed by atoms with van der Waals surface area (Å²) in [4.78, 5) is 38.4. The number of aromatic nitrogens is 4. The quantitative estimate of drug-likeness (QED) is 0.691. The summed E-state index contributed by atoms with van der Waals surface area (Å²) in [5, 5.41) is 0.685. The molecule has 4 rings (SSSR count). The van der Waals surface area contributed by atoms with Gasteiger partial charge in [0.15, 0.2) is 0 Å². The van der Waals surface area contributed by atoms with E-state index in [0.717, 1.165) is 21.4 Å². The molecule has 1 amide bonds. The highest BCUT2D eigenvalue weighted by atomic mass is 32.1. The zero-order valence-electron chi connectivity index (χ0n) is 15.8. The molecule has 142 valence electrons. The number of thiophene rings is 1. The van der Waals surface area contributed by atoms with E-state index in [-0.39, 0.29) is 17.4 Å². The summed E-state index contributed by atoms with van der Waals surface area (Å²) in [7, 11) is 0. The standard InChI is InChI=1S/C19H23N5O2S/c1-12(11-23-7-5-20-14(23)3)18(25)22-6-4-16-21-17-15(10-13(2)27-17)19(26)24(16)9-8-22/h5,7,10,12H,4,6,8-9,11H2,1-3H3/t12-/m1/s1. The van der Waals surface area contributed by atoms with Crippen LogP contribution in [0.25, 0.3) is 10.2 Å². The summed E-state index contributed by atoms with van der Waals surface area (Å²) < 4.78 is 3.74. The smallest absolute Gasteiger partial charge is 0.262 e. The molecule has 0 N–H and O–H groups in total. The normalized spacial score (nSPS) is 15.6. The molecule has 4 heterocycles. The molecule has 7 nitrogen and oxygen atoms in total. The summed E-state index contributed by atoms with van der Waals surface area (Å²) in [5.41, 5.74) is 0.00994. The van der Waals surface area contributed by atoms with Crippen LogP contribution < -0.4 is 5.56 Å². The minimum atomic E-state index is -0.144. The molecule has 0 fully saturated rings. The van der Waals surface area contributed by atoms with Gasteiger partial charge in [0, 0.05) is 49.9 Å². The third kappa shape index (κ3) is 3.29. The van der Waals surface area contributed by atoms with Crippen LogP contribution in [0.3, 0.4) is 0 Å².